The highest BCUT2D eigenvalue weighted by atomic mass is 15.0. The van der Waals surface area contributed by atoms with E-state index in [0.29, 0.717) is 17.5 Å². The van der Waals surface area contributed by atoms with Crippen LogP contribution in [-0.2, 0) is 0 Å². The molecule has 9 rings (SSSR count). The highest BCUT2D eigenvalue weighted by Gasteiger charge is 2.19. The number of rotatable bonds is 6. The predicted molar refractivity (Wildman–Crippen MR) is 201 cm³/mol. The fourth-order valence-corrected chi connectivity index (χ4v) is 6.71. The summed E-state index contributed by atoms with van der Waals surface area (Å²) in [5.41, 5.74) is 10.6. The van der Waals surface area contributed by atoms with Gasteiger partial charge in [0.2, 0.25) is 0 Å². The van der Waals surface area contributed by atoms with Crippen LogP contribution < -0.4 is 0 Å². The van der Waals surface area contributed by atoms with Crippen LogP contribution in [0.2, 0.25) is 0 Å². The molecule has 0 fully saturated rings. The van der Waals surface area contributed by atoms with E-state index in [-0.39, 0.29) is 0 Å². The normalized spacial score (nSPS) is 11.3. The molecular weight excluding hydrogens is 597 g/mol. The van der Waals surface area contributed by atoms with Gasteiger partial charge < -0.3 is 4.57 Å². The van der Waals surface area contributed by atoms with Gasteiger partial charge in [-0.15, -0.1) is 0 Å². The quantitative estimate of drug-likeness (QED) is 0.184. The molecule has 2 aromatic heterocycles. The van der Waals surface area contributed by atoms with Gasteiger partial charge in [0.1, 0.15) is 0 Å². The van der Waals surface area contributed by atoms with Crippen LogP contribution >= 0.6 is 0 Å². The van der Waals surface area contributed by atoms with Gasteiger partial charge in [0, 0.05) is 33.2 Å². The lowest BCUT2D eigenvalue weighted by atomic mass is 9.98. The van der Waals surface area contributed by atoms with E-state index in [2.05, 4.69) is 144 Å². The van der Waals surface area contributed by atoms with Gasteiger partial charge in [-0.3, -0.25) is 0 Å². The Bertz CT molecular complexity index is 2520. The van der Waals surface area contributed by atoms with Gasteiger partial charge in [-0.05, 0) is 46.5 Å². The second kappa shape index (κ2) is 12.2. The average molecular weight is 627 g/mol. The van der Waals surface area contributed by atoms with Crippen molar-refractivity contribution in [3.63, 3.8) is 0 Å². The molecule has 4 nitrogen and oxygen atoms in total. The fourth-order valence-electron chi connectivity index (χ4n) is 6.71. The first-order valence-electron chi connectivity index (χ1n) is 16.5. The molecular formula is C45H30N4. The Balaban J connectivity index is 1.28. The Morgan fingerprint density at radius 1 is 0.306 bits per heavy atom. The van der Waals surface area contributed by atoms with Gasteiger partial charge >= 0.3 is 0 Å². The zero-order chi connectivity index (χ0) is 32.6. The molecule has 0 saturated heterocycles. The van der Waals surface area contributed by atoms with Crippen molar-refractivity contribution >= 4 is 21.8 Å². The molecule has 0 aliphatic rings. The van der Waals surface area contributed by atoms with E-state index in [1.165, 1.54) is 16.3 Å². The summed E-state index contributed by atoms with van der Waals surface area (Å²) in [7, 11) is 0. The number of benzene rings is 7. The molecule has 49 heavy (non-hydrogen) atoms. The molecule has 2 heterocycles. The summed E-state index contributed by atoms with van der Waals surface area (Å²) >= 11 is 0. The van der Waals surface area contributed by atoms with Crippen molar-refractivity contribution in [1.82, 2.24) is 19.5 Å². The maximum Gasteiger partial charge on any atom is 0.164 e. The van der Waals surface area contributed by atoms with Gasteiger partial charge in [0.15, 0.2) is 17.5 Å². The zero-order valence-electron chi connectivity index (χ0n) is 26.6. The number of hydrogen-bond acceptors (Lipinski definition) is 3. The summed E-state index contributed by atoms with van der Waals surface area (Å²) in [4.78, 5) is 15.4. The van der Waals surface area contributed by atoms with Gasteiger partial charge in [-0.1, -0.05) is 158 Å². The molecule has 4 heteroatoms. The Hall–Kier alpha value is -6.65. The molecule has 0 radical (unpaired) electrons. The minimum atomic E-state index is 0.623. The Kier molecular flexibility index (Phi) is 7.10. The SMILES string of the molecule is c1ccc(-c2ccc(-c3nc(-c4ccccc4)nc(-c4cc(-n5c6ccccc6c6ccccc65)ccc4-c4ccccc4)n3)cc2)cc1. The van der Waals surface area contributed by atoms with Crippen molar-refractivity contribution in [1.29, 1.82) is 0 Å². The fraction of sp³-hybridized carbons (Fsp3) is 0. The lowest BCUT2D eigenvalue weighted by Gasteiger charge is -2.15. The van der Waals surface area contributed by atoms with E-state index in [0.717, 1.165) is 50.1 Å². The van der Waals surface area contributed by atoms with E-state index in [4.69, 9.17) is 15.0 Å². The molecule has 9 aromatic rings. The number of aromatic nitrogens is 4. The van der Waals surface area contributed by atoms with E-state index in [9.17, 15) is 0 Å². The number of hydrogen-bond donors (Lipinski definition) is 0. The highest BCUT2D eigenvalue weighted by Crippen LogP contribution is 2.37. The summed E-state index contributed by atoms with van der Waals surface area (Å²) in [6.45, 7) is 0. The molecule has 0 spiro atoms. The van der Waals surface area contributed by atoms with Crippen LogP contribution in [0, 0.1) is 0 Å². The summed E-state index contributed by atoms with van der Waals surface area (Å²) in [6.07, 6.45) is 0. The molecule has 7 aromatic carbocycles. The van der Waals surface area contributed by atoms with Crippen LogP contribution in [-0.4, -0.2) is 19.5 Å². The van der Waals surface area contributed by atoms with Gasteiger partial charge in [-0.2, -0.15) is 0 Å². The molecule has 230 valence electrons. The van der Waals surface area contributed by atoms with E-state index in [1.54, 1.807) is 0 Å². The molecule has 0 aliphatic heterocycles. The van der Waals surface area contributed by atoms with Crippen LogP contribution in [0.5, 0.6) is 0 Å². The third kappa shape index (κ3) is 5.26. The Labute approximate surface area is 284 Å². The summed E-state index contributed by atoms with van der Waals surface area (Å²) in [5, 5.41) is 2.44. The Morgan fingerprint density at radius 2 is 0.735 bits per heavy atom. The third-order valence-corrected chi connectivity index (χ3v) is 9.08. The van der Waals surface area contributed by atoms with Crippen molar-refractivity contribution in [2.24, 2.45) is 0 Å². The van der Waals surface area contributed by atoms with Crippen LogP contribution in [0.1, 0.15) is 0 Å². The molecule has 0 unspecified atom stereocenters. The maximum atomic E-state index is 5.20. The van der Waals surface area contributed by atoms with Crippen molar-refractivity contribution in [3.8, 4) is 62.1 Å². The lowest BCUT2D eigenvalue weighted by Crippen LogP contribution is -2.02. The van der Waals surface area contributed by atoms with E-state index in [1.807, 2.05) is 42.5 Å². The highest BCUT2D eigenvalue weighted by molar-refractivity contribution is 6.09. The predicted octanol–water partition coefficient (Wildman–Crippen LogP) is 11.3. The number of nitrogens with zero attached hydrogens (tertiary/aromatic N) is 4. The summed E-state index contributed by atoms with van der Waals surface area (Å²) in [5.74, 6) is 1.89. The van der Waals surface area contributed by atoms with Crippen molar-refractivity contribution < 1.29 is 0 Å². The van der Waals surface area contributed by atoms with Crippen molar-refractivity contribution in [2.45, 2.75) is 0 Å². The minimum Gasteiger partial charge on any atom is -0.309 e. The summed E-state index contributed by atoms with van der Waals surface area (Å²) < 4.78 is 2.34. The van der Waals surface area contributed by atoms with Crippen molar-refractivity contribution in [3.05, 3.63) is 182 Å². The van der Waals surface area contributed by atoms with Crippen LogP contribution in [0.3, 0.4) is 0 Å². The first kappa shape index (κ1) is 28.6. The topological polar surface area (TPSA) is 43.6 Å². The van der Waals surface area contributed by atoms with Crippen LogP contribution in [0.15, 0.2) is 182 Å². The second-order valence-corrected chi connectivity index (χ2v) is 12.1. The number of para-hydroxylation sites is 2. The largest absolute Gasteiger partial charge is 0.309 e. The van der Waals surface area contributed by atoms with Gasteiger partial charge in [-0.25, -0.2) is 15.0 Å². The first-order chi connectivity index (χ1) is 24.3. The smallest absolute Gasteiger partial charge is 0.164 e. The Morgan fingerprint density at radius 3 is 1.33 bits per heavy atom. The van der Waals surface area contributed by atoms with Crippen LogP contribution in [0.25, 0.3) is 83.9 Å². The number of fused-ring (bicyclic) bond motifs is 3. The van der Waals surface area contributed by atoms with Gasteiger partial charge in [0.25, 0.3) is 0 Å². The van der Waals surface area contributed by atoms with Crippen LogP contribution in [0.4, 0.5) is 0 Å². The third-order valence-electron chi connectivity index (χ3n) is 9.08. The second-order valence-electron chi connectivity index (χ2n) is 12.1. The summed E-state index contributed by atoms with van der Waals surface area (Å²) in [6, 6.07) is 63.3. The molecule has 0 aliphatic carbocycles. The molecule has 0 saturated carbocycles. The van der Waals surface area contributed by atoms with E-state index < -0.39 is 0 Å². The molecule has 0 bridgehead atoms. The minimum absolute atomic E-state index is 0.623. The lowest BCUT2D eigenvalue weighted by molar-refractivity contribution is 1.07. The average Bonchev–Trinajstić information content (AvgIpc) is 3.53. The monoisotopic (exact) mass is 626 g/mol. The van der Waals surface area contributed by atoms with Crippen molar-refractivity contribution in [2.75, 3.05) is 0 Å². The maximum absolute atomic E-state index is 5.20. The van der Waals surface area contributed by atoms with Gasteiger partial charge in [0.05, 0.1) is 11.0 Å². The molecule has 0 N–H and O–H groups in total. The van der Waals surface area contributed by atoms with E-state index >= 15 is 0 Å². The molecule has 0 atom stereocenters. The molecule has 0 amide bonds. The standard InChI is InChI=1S/C45H30N4/c1-4-14-31(15-5-1)32-24-26-35(27-25-32)44-46-43(34-18-8-3-9-19-34)47-45(48-44)40-30-36(28-29-37(40)33-16-6-2-7-17-33)49-41-22-12-10-20-38(41)39-21-11-13-23-42(39)49/h1-30H. The zero-order valence-corrected chi connectivity index (χ0v) is 26.6. The first-order valence-corrected chi connectivity index (χ1v) is 16.5.